The Hall–Kier alpha value is -3.92. The second-order valence-electron chi connectivity index (χ2n) is 6.09. The molecule has 1 amide bonds. The molecule has 2 aromatic carbocycles. The number of benzene rings is 2. The van der Waals surface area contributed by atoms with Crippen LogP contribution in [0.3, 0.4) is 0 Å². The zero-order valence-corrected chi connectivity index (χ0v) is 16.4. The van der Waals surface area contributed by atoms with Crippen LogP contribution in [0.15, 0.2) is 77.8 Å². The van der Waals surface area contributed by atoms with Gasteiger partial charge in [-0.25, -0.2) is 18.2 Å². The molecule has 0 atom stereocenters. The Morgan fingerprint density at radius 1 is 1.00 bits per heavy atom. The SMILES string of the molecule is Nc1cccc(C(=O)OCC(=O)Nc2ccc(S(=O)(=O)Nc3ccccn3)cc2)c1. The van der Waals surface area contributed by atoms with Crippen LogP contribution in [0, 0.1) is 0 Å². The Morgan fingerprint density at radius 2 is 1.77 bits per heavy atom. The lowest BCUT2D eigenvalue weighted by Crippen LogP contribution is -2.21. The average Bonchev–Trinajstić information content (AvgIpc) is 2.73. The number of amides is 1. The predicted molar refractivity (Wildman–Crippen MR) is 111 cm³/mol. The molecule has 30 heavy (non-hydrogen) atoms. The van der Waals surface area contributed by atoms with Gasteiger partial charge in [0.05, 0.1) is 10.5 Å². The molecule has 1 aromatic heterocycles. The summed E-state index contributed by atoms with van der Waals surface area (Å²) in [4.78, 5) is 27.8. The van der Waals surface area contributed by atoms with Gasteiger partial charge in [0, 0.05) is 17.6 Å². The highest BCUT2D eigenvalue weighted by Crippen LogP contribution is 2.17. The van der Waals surface area contributed by atoms with Crippen LogP contribution in [-0.2, 0) is 19.6 Å². The summed E-state index contributed by atoms with van der Waals surface area (Å²) in [5.41, 5.74) is 6.58. The molecular weight excluding hydrogens is 408 g/mol. The van der Waals surface area contributed by atoms with Crippen LogP contribution in [0.5, 0.6) is 0 Å². The molecule has 1 heterocycles. The number of nitrogen functional groups attached to an aromatic ring is 1. The van der Waals surface area contributed by atoms with Crippen LogP contribution >= 0.6 is 0 Å². The van der Waals surface area contributed by atoms with Gasteiger partial charge in [-0.15, -0.1) is 0 Å². The molecule has 0 radical (unpaired) electrons. The summed E-state index contributed by atoms with van der Waals surface area (Å²) in [6, 6.07) is 16.5. The second-order valence-corrected chi connectivity index (χ2v) is 7.78. The van der Waals surface area contributed by atoms with Crippen molar-refractivity contribution in [3.8, 4) is 0 Å². The fourth-order valence-corrected chi connectivity index (χ4v) is 3.42. The van der Waals surface area contributed by atoms with E-state index in [9.17, 15) is 18.0 Å². The van der Waals surface area contributed by atoms with Gasteiger partial charge in [0.15, 0.2) is 6.61 Å². The maximum atomic E-state index is 12.4. The average molecular weight is 426 g/mol. The highest BCUT2D eigenvalue weighted by atomic mass is 32.2. The smallest absolute Gasteiger partial charge is 0.338 e. The van der Waals surface area contributed by atoms with Crippen molar-refractivity contribution < 1.29 is 22.7 Å². The zero-order chi connectivity index (χ0) is 21.6. The first-order chi connectivity index (χ1) is 14.3. The third-order valence-corrected chi connectivity index (χ3v) is 5.18. The van der Waals surface area contributed by atoms with Gasteiger partial charge in [-0.3, -0.25) is 9.52 Å². The van der Waals surface area contributed by atoms with Gasteiger partial charge in [-0.1, -0.05) is 12.1 Å². The topological polar surface area (TPSA) is 140 Å². The van der Waals surface area contributed by atoms with Crippen LogP contribution in [0.2, 0.25) is 0 Å². The number of nitrogens with two attached hydrogens (primary N) is 1. The molecule has 0 aliphatic heterocycles. The lowest BCUT2D eigenvalue weighted by atomic mass is 10.2. The Labute approximate surface area is 172 Å². The molecule has 0 bridgehead atoms. The number of nitrogens with one attached hydrogen (secondary N) is 2. The van der Waals surface area contributed by atoms with E-state index in [2.05, 4.69) is 15.0 Å². The zero-order valence-electron chi connectivity index (χ0n) is 15.6. The van der Waals surface area contributed by atoms with Gasteiger partial charge in [0.2, 0.25) is 0 Å². The number of carbonyl (C=O) groups is 2. The summed E-state index contributed by atoms with van der Waals surface area (Å²) in [6.45, 7) is -0.505. The van der Waals surface area contributed by atoms with Crippen molar-refractivity contribution in [3.05, 3.63) is 78.5 Å². The molecule has 3 aromatic rings. The van der Waals surface area contributed by atoms with Crippen LogP contribution < -0.4 is 15.8 Å². The van der Waals surface area contributed by atoms with Gasteiger partial charge in [0.25, 0.3) is 15.9 Å². The first kappa shape index (κ1) is 20.8. The predicted octanol–water partition coefficient (Wildman–Crippen LogP) is 2.26. The maximum absolute atomic E-state index is 12.4. The highest BCUT2D eigenvalue weighted by Gasteiger charge is 2.15. The van der Waals surface area contributed by atoms with Crippen LogP contribution in [0.25, 0.3) is 0 Å². The minimum atomic E-state index is -3.82. The lowest BCUT2D eigenvalue weighted by molar-refractivity contribution is -0.119. The molecule has 9 nitrogen and oxygen atoms in total. The molecule has 0 fully saturated rings. The van der Waals surface area contributed by atoms with Crippen molar-refractivity contribution in [2.45, 2.75) is 4.90 Å². The van der Waals surface area contributed by atoms with E-state index in [-0.39, 0.29) is 16.3 Å². The van der Waals surface area contributed by atoms with Crippen molar-refractivity contribution in [2.24, 2.45) is 0 Å². The number of rotatable bonds is 7. The molecule has 0 aliphatic rings. The maximum Gasteiger partial charge on any atom is 0.338 e. The number of hydrogen-bond donors (Lipinski definition) is 3. The van der Waals surface area contributed by atoms with Crippen molar-refractivity contribution in [3.63, 3.8) is 0 Å². The van der Waals surface area contributed by atoms with Crippen LogP contribution in [-0.4, -0.2) is 31.9 Å². The Balaban J connectivity index is 1.56. The number of aromatic nitrogens is 1. The summed E-state index contributed by atoms with van der Waals surface area (Å²) in [7, 11) is -3.82. The van der Waals surface area contributed by atoms with Crippen LogP contribution in [0.1, 0.15) is 10.4 Å². The van der Waals surface area contributed by atoms with E-state index < -0.39 is 28.5 Å². The van der Waals surface area contributed by atoms with Gasteiger partial charge >= 0.3 is 5.97 Å². The standard InChI is InChI=1S/C20H18N4O5S/c21-15-5-3-4-14(12-15)20(26)29-13-19(25)23-16-7-9-17(10-8-16)30(27,28)24-18-6-1-2-11-22-18/h1-12H,13,21H2,(H,22,24)(H,23,25). The van der Waals surface area contributed by atoms with E-state index in [0.29, 0.717) is 11.4 Å². The monoisotopic (exact) mass is 426 g/mol. The van der Waals surface area contributed by atoms with E-state index in [4.69, 9.17) is 10.5 Å². The number of pyridine rings is 1. The van der Waals surface area contributed by atoms with E-state index in [1.165, 1.54) is 48.7 Å². The third-order valence-electron chi connectivity index (χ3n) is 3.81. The lowest BCUT2D eigenvalue weighted by Gasteiger charge is -2.09. The summed E-state index contributed by atoms with van der Waals surface area (Å²) < 4.78 is 32.0. The number of hydrogen-bond acceptors (Lipinski definition) is 7. The second kappa shape index (κ2) is 9.05. The molecule has 0 unspecified atom stereocenters. The summed E-state index contributed by atoms with van der Waals surface area (Å²) in [5, 5.41) is 2.52. The Kier molecular flexibility index (Phi) is 6.28. The Bertz CT molecular complexity index is 1150. The minimum absolute atomic E-state index is 0.000698. The molecular formula is C20H18N4O5S. The molecule has 4 N–H and O–H groups in total. The number of esters is 1. The first-order valence-corrected chi connectivity index (χ1v) is 10.2. The van der Waals surface area contributed by atoms with Crippen molar-refractivity contribution in [1.82, 2.24) is 4.98 Å². The van der Waals surface area contributed by atoms with E-state index in [1.807, 2.05) is 0 Å². The van der Waals surface area contributed by atoms with Gasteiger partial charge < -0.3 is 15.8 Å². The molecule has 0 saturated carbocycles. The quantitative estimate of drug-likeness (QED) is 0.389. The summed E-state index contributed by atoms with van der Waals surface area (Å²) >= 11 is 0. The van der Waals surface area contributed by atoms with Crippen molar-refractivity contribution >= 4 is 39.1 Å². The largest absolute Gasteiger partial charge is 0.452 e. The number of ether oxygens (including phenoxy) is 1. The van der Waals surface area contributed by atoms with E-state index in [0.717, 1.165) is 0 Å². The van der Waals surface area contributed by atoms with E-state index >= 15 is 0 Å². The fraction of sp³-hybridized carbons (Fsp3) is 0.0500. The van der Waals surface area contributed by atoms with E-state index in [1.54, 1.807) is 24.3 Å². The number of anilines is 3. The number of nitrogens with zero attached hydrogens (tertiary/aromatic N) is 1. The van der Waals surface area contributed by atoms with Crippen molar-refractivity contribution in [1.29, 1.82) is 0 Å². The Morgan fingerprint density at radius 3 is 2.43 bits per heavy atom. The van der Waals surface area contributed by atoms with Gasteiger partial charge in [-0.05, 0) is 54.6 Å². The van der Waals surface area contributed by atoms with Crippen molar-refractivity contribution in [2.75, 3.05) is 22.4 Å². The number of carbonyl (C=O) groups excluding carboxylic acids is 2. The van der Waals surface area contributed by atoms with Crippen LogP contribution in [0.4, 0.5) is 17.2 Å². The minimum Gasteiger partial charge on any atom is -0.452 e. The molecule has 0 spiro atoms. The molecule has 154 valence electrons. The molecule has 0 saturated heterocycles. The number of sulfonamides is 1. The normalized spacial score (nSPS) is 10.8. The molecule has 0 aliphatic carbocycles. The van der Waals surface area contributed by atoms with Gasteiger partial charge in [0.1, 0.15) is 5.82 Å². The highest BCUT2D eigenvalue weighted by molar-refractivity contribution is 7.92. The summed E-state index contributed by atoms with van der Waals surface area (Å²) in [6.07, 6.45) is 1.47. The summed E-state index contributed by atoms with van der Waals surface area (Å²) in [5.74, 6) is -1.06. The molecule has 10 heteroatoms. The fourth-order valence-electron chi connectivity index (χ4n) is 2.41. The molecule has 3 rings (SSSR count). The third kappa shape index (κ3) is 5.55. The van der Waals surface area contributed by atoms with Gasteiger partial charge in [-0.2, -0.15) is 0 Å². The first-order valence-electron chi connectivity index (χ1n) is 8.70.